The first kappa shape index (κ1) is 12.9. The van der Waals surface area contributed by atoms with Gasteiger partial charge in [0, 0.05) is 23.9 Å². The number of aromatic nitrogens is 2. The molecule has 0 aliphatic rings. The lowest BCUT2D eigenvalue weighted by molar-refractivity contribution is 0.306. The third-order valence-corrected chi connectivity index (χ3v) is 2.67. The van der Waals surface area contributed by atoms with Gasteiger partial charge in [0.2, 0.25) is 0 Å². The smallest absolute Gasteiger partial charge is 0.170 e. The van der Waals surface area contributed by atoms with E-state index in [4.69, 9.17) is 15.7 Å². The van der Waals surface area contributed by atoms with Gasteiger partial charge < -0.3 is 15.7 Å². The highest BCUT2D eigenvalue weighted by molar-refractivity contribution is 5.97. The normalized spacial score (nSPS) is 11.5. The fourth-order valence-electron chi connectivity index (χ4n) is 1.60. The number of aryl methyl sites for hydroxylation is 1. The van der Waals surface area contributed by atoms with E-state index in [0.29, 0.717) is 12.2 Å². The van der Waals surface area contributed by atoms with Crippen LogP contribution in [0.1, 0.15) is 18.1 Å². The molecule has 1 aromatic heterocycles. The van der Waals surface area contributed by atoms with Crippen LogP contribution >= 0.6 is 0 Å². The van der Waals surface area contributed by atoms with Crippen LogP contribution in [-0.2, 0) is 13.2 Å². The molecule has 0 spiro atoms. The fourth-order valence-corrected chi connectivity index (χ4v) is 1.60. The molecule has 0 aliphatic heterocycles. The summed E-state index contributed by atoms with van der Waals surface area (Å²) in [6, 6.07) is 7.02. The van der Waals surface area contributed by atoms with Crippen LogP contribution in [0, 0.1) is 0 Å². The van der Waals surface area contributed by atoms with E-state index < -0.39 is 0 Å². The second-order valence-electron chi connectivity index (χ2n) is 4.00. The zero-order valence-electron chi connectivity index (χ0n) is 10.7. The molecule has 0 radical (unpaired) electrons. The summed E-state index contributed by atoms with van der Waals surface area (Å²) in [6.07, 6.45) is 3.74. The largest absolute Gasteiger partial charge is 0.489 e. The minimum atomic E-state index is 0.0794. The molecule has 0 saturated heterocycles. The highest BCUT2D eigenvalue weighted by Gasteiger charge is 2.01. The molecule has 1 aromatic carbocycles. The average molecular weight is 260 g/mol. The average Bonchev–Trinajstić information content (AvgIpc) is 2.93. The maximum absolute atomic E-state index is 8.56. The van der Waals surface area contributed by atoms with Crippen LogP contribution in [0.4, 0.5) is 0 Å². The van der Waals surface area contributed by atoms with Crippen molar-refractivity contribution in [1.82, 2.24) is 9.78 Å². The number of amidine groups is 1. The molecular formula is C13H16N4O2. The van der Waals surface area contributed by atoms with E-state index in [-0.39, 0.29) is 5.84 Å². The van der Waals surface area contributed by atoms with E-state index >= 15 is 0 Å². The lowest BCUT2D eigenvalue weighted by atomic mass is 10.2. The zero-order chi connectivity index (χ0) is 13.7. The quantitative estimate of drug-likeness (QED) is 0.370. The van der Waals surface area contributed by atoms with Gasteiger partial charge in [0.1, 0.15) is 12.4 Å². The summed E-state index contributed by atoms with van der Waals surface area (Å²) in [5.74, 6) is 0.800. The Hall–Kier alpha value is -2.50. The number of ether oxygens (including phenoxy) is 1. The first-order chi connectivity index (χ1) is 9.22. The van der Waals surface area contributed by atoms with E-state index in [0.717, 1.165) is 17.9 Å². The Morgan fingerprint density at radius 2 is 2.16 bits per heavy atom. The third kappa shape index (κ3) is 3.25. The van der Waals surface area contributed by atoms with E-state index in [1.165, 1.54) is 0 Å². The summed E-state index contributed by atoms with van der Waals surface area (Å²) in [4.78, 5) is 0. The molecule has 0 fully saturated rings. The van der Waals surface area contributed by atoms with Crippen molar-refractivity contribution in [2.45, 2.75) is 20.1 Å². The Bertz CT molecular complexity index is 560. The zero-order valence-corrected chi connectivity index (χ0v) is 10.7. The van der Waals surface area contributed by atoms with E-state index in [1.54, 1.807) is 30.5 Å². The van der Waals surface area contributed by atoms with Crippen molar-refractivity contribution in [3.63, 3.8) is 0 Å². The van der Waals surface area contributed by atoms with Gasteiger partial charge in [0.15, 0.2) is 5.84 Å². The standard InChI is InChI=1S/C13H16N4O2/c1-2-17-8-10(7-15-17)9-19-12-5-3-11(4-6-12)13(14)16-18/h3-8,18H,2,9H2,1H3,(H2,14,16). The Labute approximate surface area is 111 Å². The molecule has 6 nitrogen and oxygen atoms in total. The molecule has 19 heavy (non-hydrogen) atoms. The molecule has 100 valence electrons. The van der Waals surface area contributed by atoms with Crippen LogP contribution in [-0.4, -0.2) is 20.8 Å². The van der Waals surface area contributed by atoms with Crippen molar-refractivity contribution in [1.29, 1.82) is 0 Å². The summed E-state index contributed by atoms with van der Waals surface area (Å²) < 4.78 is 7.47. The monoisotopic (exact) mass is 260 g/mol. The number of hydrogen-bond donors (Lipinski definition) is 2. The van der Waals surface area contributed by atoms with Crippen molar-refractivity contribution in [2.24, 2.45) is 10.9 Å². The highest BCUT2D eigenvalue weighted by atomic mass is 16.5. The van der Waals surface area contributed by atoms with E-state index in [9.17, 15) is 0 Å². The fraction of sp³-hybridized carbons (Fsp3) is 0.231. The summed E-state index contributed by atoms with van der Waals surface area (Å²) >= 11 is 0. The summed E-state index contributed by atoms with van der Waals surface area (Å²) in [5, 5.41) is 15.7. The molecule has 6 heteroatoms. The number of hydrogen-bond acceptors (Lipinski definition) is 4. The predicted molar refractivity (Wildman–Crippen MR) is 71.2 cm³/mol. The summed E-state index contributed by atoms with van der Waals surface area (Å²) in [5.41, 5.74) is 7.14. The first-order valence-corrected chi connectivity index (χ1v) is 5.95. The minimum absolute atomic E-state index is 0.0794. The first-order valence-electron chi connectivity index (χ1n) is 5.95. The van der Waals surface area contributed by atoms with Crippen molar-refractivity contribution in [3.05, 3.63) is 47.8 Å². The highest BCUT2D eigenvalue weighted by Crippen LogP contribution is 2.14. The Morgan fingerprint density at radius 1 is 1.42 bits per heavy atom. The van der Waals surface area contributed by atoms with Gasteiger partial charge in [0.05, 0.1) is 6.20 Å². The molecule has 0 bridgehead atoms. The summed E-state index contributed by atoms with van der Waals surface area (Å²) in [7, 11) is 0. The predicted octanol–water partition coefficient (Wildman–Crippen LogP) is 1.58. The van der Waals surface area contributed by atoms with Crippen LogP contribution in [0.25, 0.3) is 0 Å². The minimum Gasteiger partial charge on any atom is -0.489 e. The van der Waals surface area contributed by atoms with Gasteiger partial charge in [-0.05, 0) is 31.2 Å². The van der Waals surface area contributed by atoms with Gasteiger partial charge >= 0.3 is 0 Å². The summed E-state index contributed by atoms with van der Waals surface area (Å²) in [6.45, 7) is 3.33. The van der Waals surface area contributed by atoms with Crippen molar-refractivity contribution in [3.8, 4) is 5.75 Å². The number of nitrogens with zero attached hydrogens (tertiary/aromatic N) is 3. The molecule has 0 amide bonds. The number of oxime groups is 1. The Kier molecular flexibility index (Phi) is 4.02. The molecule has 0 atom stereocenters. The lowest BCUT2D eigenvalue weighted by Gasteiger charge is -2.05. The van der Waals surface area contributed by atoms with Crippen LogP contribution < -0.4 is 10.5 Å². The van der Waals surface area contributed by atoms with Gasteiger partial charge in [-0.2, -0.15) is 5.10 Å². The SMILES string of the molecule is CCn1cc(COc2ccc(C(N)=NO)cc2)cn1. The topological polar surface area (TPSA) is 85.7 Å². The van der Waals surface area contributed by atoms with E-state index in [2.05, 4.69) is 10.3 Å². The van der Waals surface area contributed by atoms with Crippen molar-refractivity contribution < 1.29 is 9.94 Å². The molecule has 0 unspecified atom stereocenters. The molecule has 2 rings (SSSR count). The van der Waals surface area contributed by atoms with Crippen LogP contribution in [0.15, 0.2) is 41.8 Å². The van der Waals surface area contributed by atoms with Crippen LogP contribution in [0.2, 0.25) is 0 Å². The van der Waals surface area contributed by atoms with Crippen LogP contribution in [0.3, 0.4) is 0 Å². The number of nitrogens with two attached hydrogens (primary N) is 1. The lowest BCUT2D eigenvalue weighted by Crippen LogP contribution is -2.12. The van der Waals surface area contributed by atoms with Gasteiger partial charge in [-0.15, -0.1) is 0 Å². The Balaban J connectivity index is 1.96. The maximum Gasteiger partial charge on any atom is 0.170 e. The maximum atomic E-state index is 8.56. The molecule has 0 saturated carbocycles. The molecule has 0 aliphatic carbocycles. The molecule has 3 N–H and O–H groups in total. The second-order valence-corrected chi connectivity index (χ2v) is 4.00. The van der Waals surface area contributed by atoms with Crippen molar-refractivity contribution in [2.75, 3.05) is 0 Å². The van der Waals surface area contributed by atoms with Gasteiger partial charge in [-0.3, -0.25) is 4.68 Å². The number of rotatable bonds is 5. The second kappa shape index (κ2) is 5.90. The van der Waals surface area contributed by atoms with Gasteiger partial charge in [-0.25, -0.2) is 0 Å². The van der Waals surface area contributed by atoms with Crippen molar-refractivity contribution >= 4 is 5.84 Å². The van der Waals surface area contributed by atoms with E-state index in [1.807, 2.05) is 17.8 Å². The van der Waals surface area contributed by atoms with Gasteiger partial charge in [0.25, 0.3) is 0 Å². The van der Waals surface area contributed by atoms with Gasteiger partial charge in [-0.1, -0.05) is 5.16 Å². The van der Waals surface area contributed by atoms with Crippen LogP contribution in [0.5, 0.6) is 5.75 Å². The molecular weight excluding hydrogens is 244 g/mol. The number of benzene rings is 1. The molecule has 1 heterocycles. The molecule has 2 aromatic rings. The Morgan fingerprint density at radius 3 is 2.74 bits per heavy atom. The third-order valence-electron chi connectivity index (χ3n) is 2.67.